The van der Waals surface area contributed by atoms with E-state index in [2.05, 4.69) is 0 Å². The third-order valence-corrected chi connectivity index (χ3v) is 5.12. The zero-order valence-electron chi connectivity index (χ0n) is 9.86. The molecule has 2 N–H and O–H groups in total. The Hall–Kier alpha value is -0.850. The van der Waals surface area contributed by atoms with Crippen LogP contribution in [0.3, 0.4) is 0 Å². The Kier molecular flexibility index (Phi) is 3.53. The second-order valence-electron chi connectivity index (χ2n) is 4.56. The average Bonchev–Trinajstić information content (AvgIpc) is 2.70. The van der Waals surface area contributed by atoms with Crippen LogP contribution in [0.5, 0.6) is 0 Å². The maximum Gasteiger partial charge on any atom is 0.246 e. The van der Waals surface area contributed by atoms with Crippen molar-refractivity contribution >= 4 is 27.3 Å². The van der Waals surface area contributed by atoms with E-state index in [0.717, 1.165) is 12.5 Å². The number of hydrogen-bond donors (Lipinski definition) is 1. The summed E-state index contributed by atoms with van der Waals surface area (Å²) in [7, 11) is -3.85. The van der Waals surface area contributed by atoms with E-state index in [-0.39, 0.29) is 16.6 Å². The van der Waals surface area contributed by atoms with E-state index in [0.29, 0.717) is 13.1 Å². The summed E-state index contributed by atoms with van der Waals surface area (Å²) >= 11 is 5.73. The predicted octanol–water partition coefficient (Wildman–Crippen LogP) is 2.09. The Morgan fingerprint density at radius 1 is 1.50 bits per heavy atom. The first-order chi connectivity index (χ1) is 8.32. The van der Waals surface area contributed by atoms with Gasteiger partial charge in [0.15, 0.2) is 5.82 Å². The number of anilines is 1. The highest BCUT2D eigenvalue weighted by atomic mass is 35.5. The zero-order chi connectivity index (χ0) is 13.5. The molecule has 18 heavy (non-hydrogen) atoms. The van der Waals surface area contributed by atoms with Gasteiger partial charge in [-0.05, 0) is 24.5 Å². The van der Waals surface area contributed by atoms with E-state index in [1.165, 1.54) is 10.4 Å². The third kappa shape index (κ3) is 2.32. The van der Waals surface area contributed by atoms with Gasteiger partial charge in [0.2, 0.25) is 10.0 Å². The monoisotopic (exact) mass is 292 g/mol. The topological polar surface area (TPSA) is 63.4 Å². The Morgan fingerprint density at radius 2 is 2.17 bits per heavy atom. The number of sulfonamides is 1. The number of nitrogens with zero attached hydrogens (tertiary/aromatic N) is 1. The van der Waals surface area contributed by atoms with Crippen LogP contribution in [0.1, 0.15) is 13.3 Å². The van der Waals surface area contributed by atoms with E-state index in [1.54, 1.807) is 0 Å². The molecule has 4 nitrogen and oxygen atoms in total. The summed E-state index contributed by atoms with van der Waals surface area (Å²) in [5.41, 5.74) is 5.15. The van der Waals surface area contributed by atoms with Gasteiger partial charge in [0.1, 0.15) is 4.90 Å². The maximum atomic E-state index is 13.8. The summed E-state index contributed by atoms with van der Waals surface area (Å²) in [5, 5.41) is 0.111. The van der Waals surface area contributed by atoms with Crippen molar-refractivity contribution in [2.45, 2.75) is 18.2 Å². The van der Waals surface area contributed by atoms with Crippen molar-refractivity contribution in [1.29, 1.82) is 0 Å². The molecule has 1 saturated heterocycles. The largest absolute Gasteiger partial charge is 0.396 e. The molecule has 0 aromatic heterocycles. The lowest BCUT2D eigenvalue weighted by molar-refractivity contribution is 0.458. The molecule has 1 atom stereocenters. The van der Waals surface area contributed by atoms with Gasteiger partial charge in [0.25, 0.3) is 0 Å². The molecule has 0 spiro atoms. The van der Waals surface area contributed by atoms with E-state index in [1.807, 2.05) is 6.92 Å². The van der Waals surface area contributed by atoms with Crippen molar-refractivity contribution in [1.82, 2.24) is 4.31 Å². The molecule has 1 aromatic rings. The molecule has 0 amide bonds. The van der Waals surface area contributed by atoms with Gasteiger partial charge in [-0.15, -0.1) is 0 Å². The molecule has 1 unspecified atom stereocenters. The molecule has 2 rings (SSSR count). The number of nitrogen functional groups attached to an aromatic ring is 1. The SMILES string of the molecule is CC1CCN(S(=O)(=O)c2cc(Cl)cc(N)c2F)C1. The van der Waals surface area contributed by atoms with Gasteiger partial charge in [-0.25, -0.2) is 12.8 Å². The van der Waals surface area contributed by atoms with Crippen molar-refractivity contribution in [2.24, 2.45) is 5.92 Å². The van der Waals surface area contributed by atoms with Crippen LogP contribution >= 0.6 is 11.6 Å². The molecule has 0 bridgehead atoms. The predicted molar refractivity (Wildman–Crippen MR) is 68.4 cm³/mol. The summed E-state index contributed by atoms with van der Waals surface area (Å²) in [6.07, 6.45) is 0.775. The van der Waals surface area contributed by atoms with Crippen LogP contribution in [0.25, 0.3) is 0 Å². The number of nitrogens with two attached hydrogens (primary N) is 1. The van der Waals surface area contributed by atoms with Crippen LogP contribution in [0.2, 0.25) is 5.02 Å². The van der Waals surface area contributed by atoms with E-state index in [4.69, 9.17) is 17.3 Å². The summed E-state index contributed by atoms with van der Waals surface area (Å²) in [5.74, 6) is -0.654. The summed E-state index contributed by atoms with van der Waals surface area (Å²) < 4.78 is 39.7. The normalized spacial score (nSPS) is 21.4. The van der Waals surface area contributed by atoms with Crippen LogP contribution in [-0.4, -0.2) is 25.8 Å². The first-order valence-electron chi connectivity index (χ1n) is 5.57. The van der Waals surface area contributed by atoms with Gasteiger partial charge in [-0.1, -0.05) is 18.5 Å². The minimum absolute atomic E-state index is 0.111. The number of halogens is 2. The Morgan fingerprint density at radius 3 is 2.72 bits per heavy atom. The zero-order valence-corrected chi connectivity index (χ0v) is 11.4. The van der Waals surface area contributed by atoms with E-state index < -0.39 is 20.7 Å². The lowest BCUT2D eigenvalue weighted by atomic mass is 10.2. The number of hydrogen-bond acceptors (Lipinski definition) is 3. The van der Waals surface area contributed by atoms with Crippen LogP contribution in [0.4, 0.5) is 10.1 Å². The summed E-state index contributed by atoms with van der Waals surface area (Å²) in [6, 6.07) is 2.30. The number of benzene rings is 1. The van der Waals surface area contributed by atoms with Crippen LogP contribution in [-0.2, 0) is 10.0 Å². The lowest BCUT2D eigenvalue weighted by Gasteiger charge is -2.17. The fourth-order valence-electron chi connectivity index (χ4n) is 2.02. The molecule has 1 fully saturated rings. The Balaban J connectivity index is 2.48. The molecule has 1 aliphatic rings. The maximum absolute atomic E-state index is 13.8. The first kappa shape index (κ1) is 13.6. The average molecular weight is 293 g/mol. The molecular weight excluding hydrogens is 279 g/mol. The van der Waals surface area contributed by atoms with Crippen molar-refractivity contribution in [3.05, 3.63) is 23.0 Å². The summed E-state index contributed by atoms with van der Waals surface area (Å²) in [4.78, 5) is -0.443. The molecule has 0 saturated carbocycles. The van der Waals surface area contributed by atoms with Crippen molar-refractivity contribution in [3.8, 4) is 0 Å². The van der Waals surface area contributed by atoms with Crippen molar-refractivity contribution < 1.29 is 12.8 Å². The molecule has 0 aliphatic carbocycles. The van der Waals surface area contributed by atoms with Gasteiger partial charge in [0, 0.05) is 18.1 Å². The first-order valence-corrected chi connectivity index (χ1v) is 7.39. The minimum Gasteiger partial charge on any atom is -0.396 e. The van der Waals surface area contributed by atoms with Crippen LogP contribution in [0, 0.1) is 11.7 Å². The van der Waals surface area contributed by atoms with E-state index in [9.17, 15) is 12.8 Å². The molecule has 1 heterocycles. The minimum atomic E-state index is -3.85. The second-order valence-corrected chi connectivity index (χ2v) is 6.91. The number of rotatable bonds is 2. The fourth-order valence-corrected chi connectivity index (χ4v) is 4.01. The fraction of sp³-hybridized carbons (Fsp3) is 0.455. The standard InChI is InChI=1S/C11H14ClFN2O2S/c1-7-2-3-15(6-7)18(16,17)10-5-8(12)4-9(14)11(10)13/h4-5,7H,2-3,6,14H2,1H3. The highest BCUT2D eigenvalue weighted by Crippen LogP contribution is 2.30. The summed E-state index contributed by atoms with van der Waals surface area (Å²) in [6.45, 7) is 2.75. The third-order valence-electron chi connectivity index (χ3n) is 3.04. The molecule has 1 aliphatic heterocycles. The smallest absolute Gasteiger partial charge is 0.246 e. The van der Waals surface area contributed by atoms with Gasteiger partial charge in [-0.2, -0.15) is 4.31 Å². The van der Waals surface area contributed by atoms with Gasteiger partial charge in [0.05, 0.1) is 5.69 Å². The second kappa shape index (κ2) is 4.68. The quantitative estimate of drug-likeness (QED) is 0.849. The molecule has 1 aromatic carbocycles. The molecule has 100 valence electrons. The highest BCUT2D eigenvalue weighted by Gasteiger charge is 2.33. The lowest BCUT2D eigenvalue weighted by Crippen LogP contribution is -2.29. The van der Waals surface area contributed by atoms with Crippen molar-refractivity contribution in [2.75, 3.05) is 18.8 Å². The van der Waals surface area contributed by atoms with Gasteiger partial charge in [-0.3, -0.25) is 0 Å². The van der Waals surface area contributed by atoms with Crippen LogP contribution in [0.15, 0.2) is 17.0 Å². The van der Waals surface area contributed by atoms with Gasteiger partial charge >= 0.3 is 0 Å². The Labute approximate surface area is 111 Å². The molecule has 7 heteroatoms. The molecule has 0 radical (unpaired) electrons. The van der Waals surface area contributed by atoms with Crippen molar-refractivity contribution in [3.63, 3.8) is 0 Å². The molecular formula is C11H14ClFN2O2S. The van der Waals surface area contributed by atoms with E-state index >= 15 is 0 Å². The highest BCUT2D eigenvalue weighted by molar-refractivity contribution is 7.89. The van der Waals surface area contributed by atoms with Gasteiger partial charge < -0.3 is 5.73 Å². The van der Waals surface area contributed by atoms with Crippen LogP contribution < -0.4 is 5.73 Å². The Bertz CT molecular complexity index is 577.